The lowest BCUT2D eigenvalue weighted by Crippen LogP contribution is -2.44. The van der Waals surface area contributed by atoms with Crippen molar-refractivity contribution in [2.45, 2.75) is 6.92 Å². The summed E-state index contributed by atoms with van der Waals surface area (Å²) in [6.07, 6.45) is 3.15. The average molecular weight is 365 g/mol. The number of nitrogens with one attached hydrogen (secondary N) is 1. The molecule has 1 N–H and O–H groups in total. The summed E-state index contributed by atoms with van der Waals surface area (Å²) in [5, 5.41) is 0.697. The van der Waals surface area contributed by atoms with Crippen molar-refractivity contribution < 1.29 is 9.53 Å². The minimum Gasteiger partial charge on any atom is -0.462 e. The number of H-pyrrole nitrogens is 1. The van der Waals surface area contributed by atoms with E-state index in [1.165, 1.54) is 12.0 Å². The van der Waals surface area contributed by atoms with Gasteiger partial charge in [0.05, 0.1) is 23.3 Å². The zero-order valence-electron chi connectivity index (χ0n) is 15.6. The molecule has 1 saturated heterocycles. The van der Waals surface area contributed by atoms with Gasteiger partial charge in [-0.15, -0.1) is 0 Å². The van der Waals surface area contributed by atoms with Crippen LogP contribution in [0.1, 0.15) is 17.3 Å². The van der Waals surface area contributed by atoms with Crippen LogP contribution in [0.5, 0.6) is 0 Å². The first-order chi connectivity index (χ1) is 13.2. The van der Waals surface area contributed by atoms with Crippen LogP contribution in [0.15, 0.2) is 36.8 Å². The van der Waals surface area contributed by atoms with Gasteiger partial charge in [-0.05, 0) is 26.1 Å². The minimum atomic E-state index is -0.367. The molecule has 1 aliphatic rings. The number of carbonyl (C=O) groups excluding carboxylic acids is 1. The lowest BCUT2D eigenvalue weighted by molar-refractivity contribution is 0.0528. The third-order valence-electron chi connectivity index (χ3n) is 4.97. The van der Waals surface area contributed by atoms with E-state index in [-0.39, 0.29) is 5.97 Å². The van der Waals surface area contributed by atoms with Crippen LogP contribution in [0, 0.1) is 0 Å². The van der Waals surface area contributed by atoms with Crippen LogP contribution in [0.2, 0.25) is 0 Å². The van der Waals surface area contributed by atoms with Crippen molar-refractivity contribution in [3.63, 3.8) is 0 Å². The molecule has 0 bridgehead atoms. The van der Waals surface area contributed by atoms with Gasteiger partial charge in [-0.25, -0.2) is 14.8 Å². The Morgan fingerprint density at radius 3 is 2.59 bits per heavy atom. The van der Waals surface area contributed by atoms with Gasteiger partial charge in [0, 0.05) is 43.6 Å². The Labute approximate surface area is 158 Å². The van der Waals surface area contributed by atoms with Crippen LogP contribution in [0.25, 0.3) is 22.3 Å². The van der Waals surface area contributed by atoms with Crippen molar-refractivity contribution in [3.8, 4) is 11.3 Å². The first-order valence-corrected chi connectivity index (χ1v) is 9.20. The van der Waals surface area contributed by atoms with E-state index in [1.54, 1.807) is 13.1 Å². The van der Waals surface area contributed by atoms with E-state index in [0.717, 1.165) is 37.4 Å². The maximum Gasteiger partial charge on any atom is 0.340 e. The number of anilines is 1. The summed E-state index contributed by atoms with van der Waals surface area (Å²) < 4.78 is 5.17. The first kappa shape index (κ1) is 17.5. The number of aromatic nitrogens is 3. The van der Waals surface area contributed by atoms with Crippen LogP contribution in [-0.2, 0) is 4.74 Å². The van der Waals surface area contributed by atoms with E-state index in [2.05, 4.69) is 56.1 Å². The molecule has 7 nitrogen and oxygen atoms in total. The average Bonchev–Trinajstić information content (AvgIpc) is 3.13. The number of fused-ring (bicyclic) bond motifs is 1. The lowest BCUT2D eigenvalue weighted by Gasteiger charge is -2.34. The van der Waals surface area contributed by atoms with Crippen molar-refractivity contribution in [2.24, 2.45) is 0 Å². The van der Waals surface area contributed by atoms with E-state index in [1.807, 2.05) is 0 Å². The predicted octanol–water partition coefficient (Wildman–Crippen LogP) is 2.55. The Hall–Kier alpha value is -2.93. The highest BCUT2D eigenvalue weighted by atomic mass is 16.5. The maximum absolute atomic E-state index is 12.3. The second-order valence-electron chi connectivity index (χ2n) is 6.71. The standard InChI is InChI=1S/C20H23N5O2/c1-3-27-20(26)16-12-21-19-17(16)18(22-13-23-19)14-4-6-15(7-5-14)25-10-8-24(2)9-11-25/h4-7,12-13H,3,8-11H2,1-2H3,(H,21,22,23). The molecule has 0 amide bonds. The van der Waals surface area contributed by atoms with Gasteiger partial charge in [-0.1, -0.05) is 12.1 Å². The summed E-state index contributed by atoms with van der Waals surface area (Å²) in [7, 11) is 2.15. The number of aromatic amines is 1. The van der Waals surface area contributed by atoms with E-state index < -0.39 is 0 Å². The molecular formula is C20H23N5O2. The summed E-state index contributed by atoms with van der Waals surface area (Å²) in [4.78, 5) is 28.7. The molecule has 4 rings (SSSR count). The molecule has 1 aromatic carbocycles. The summed E-state index contributed by atoms with van der Waals surface area (Å²) in [5.74, 6) is -0.367. The SMILES string of the molecule is CCOC(=O)c1c[nH]c2ncnc(-c3ccc(N4CCN(C)CC4)cc3)c12. The molecule has 1 aliphatic heterocycles. The zero-order valence-corrected chi connectivity index (χ0v) is 15.6. The molecule has 0 spiro atoms. The Balaban J connectivity index is 1.68. The minimum absolute atomic E-state index is 0.328. The van der Waals surface area contributed by atoms with E-state index >= 15 is 0 Å². The van der Waals surface area contributed by atoms with Gasteiger partial charge in [0.25, 0.3) is 0 Å². The van der Waals surface area contributed by atoms with Crippen molar-refractivity contribution >= 4 is 22.7 Å². The third-order valence-corrected chi connectivity index (χ3v) is 4.97. The molecule has 1 fully saturated rings. The number of hydrogen-bond donors (Lipinski definition) is 1. The Morgan fingerprint density at radius 2 is 1.89 bits per heavy atom. The number of hydrogen-bond acceptors (Lipinski definition) is 6. The number of rotatable bonds is 4. The molecule has 0 unspecified atom stereocenters. The number of ether oxygens (including phenoxy) is 1. The van der Waals surface area contributed by atoms with Crippen LogP contribution in [0.4, 0.5) is 5.69 Å². The van der Waals surface area contributed by atoms with Crippen LogP contribution in [-0.4, -0.2) is 65.7 Å². The molecular weight excluding hydrogens is 342 g/mol. The molecule has 27 heavy (non-hydrogen) atoms. The largest absolute Gasteiger partial charge is 0.462 e. The first-order valence-electron chi connectivity index (χ1n) is 9.20. The second-order valence-corrected chi connectivity index (χ2v) is 6.71. The Kier molecular flexibility index (Phi) is 4.77. The van der Waals surface area contributed by atoms with Gasteiger partial charge < -0.3 is 19.5 Å². The topological polar surface area (TPSA) is 74.3 Å². The lowest BCUT2D eigenvalue weighted by atomic mass is 10.1. The van der Waals surface area contributed by atoms with E-state index in [4.69, 9.17) is 4.74 Å². The monoisotopic (exact) mass is 365 g/mol. The normalized spacial score (nSPS) is 15.3. The number of benzene rings is 1. The Morgan fingerprint density at radius 1 is 1.15 bits per heavy atom. The summed E-state index contributed by atoms with van der Waals surface area (Å²) in [6, 6.07) is 8.34. The van der Waals surface area contributed by atoms with Crippen molar-refractivity contribution in [1.29, 1.82) is 0 Å². The zero-order chi connectivity index (χ0) is 18.8. The van der Waals surface area contributed by atoms with E-state index in [0.29, 0.717) is 23.2 Å². The molecule has 0 radical (unpaired) electrons. The number of likely N-dealkylation sites (N-methyl/N-ethyl adjacent to an activating group) is 1. The quantitative estimate of drug-likeness (QED) is 0.716. The van der Waals surface area contributed by atoms with Crippen LogP contribution < -0.4 is 4.90 Å². The summed E-state index contributed by atoms with van der Waals surface area (Å²) in [6.45, 7) is 6.31. The van der Waals surface area contributed by atoms with Crippen LogP contribution in [0.3, 0.4) is 0 Å². The molecule has 0 aliphatic carbocycles. The maximum atomic E-state index is 12.3. The Bertz CT molecular complexity index is 943. The molecule has 3 aromatic rings. The highest BCUT2D eigenvalue weighted by Gasteiger charge is 2.19. The van der Waals surface area contributed by atoms with Gasteiger partial charge in [-0.2, -0.15) is 0 Å². The van der Waals surface area contributed by atoms with Crippen LogP contribution >= 0.6 is 0 Å². The molecule has 0 saturated carbocycles. The van der Waals surface area contributed by atoms with Gasteiger partial charge in [0.15, 0.2) is 0 Å². The summed E-state index contributed by atoms with van der Waals surface area (Å²) in [5.41, 5.74) is 3.98. The van der Waals surface area contributed by atoms with Gasteiger partial charge in [0.2, 0.25) is 0 Å². The molecule has 3 heterocycles. The number of piperazine rings is 1. The fourth-order valence-electron chi connectivity index (χ4n) is 3.45. The van der Waals surface area contributed by atoms with Crippen molar-refractivity contribution in [1.82, 2.24) is 19.9 Å². The summed E-state index contributed by atoms with van der Waals surface area (Å²) >= 11 is 0. The molecule has 140 valence electrons. The second kappa shape index (κ2) is 7.36. The molecule has 7 heteroatoms. The van der Waals surface area contributed by atoms with Gasteiger partial charge >= 0.3 is 5.97 Å². The highest BCUT2D eigenvalue weighted by Crippen LogP contribution is 2.30. The van der Waals surface area contributed by atoms with Gasteiger partial charge in [-0.3, -0.25) is 0 Å². The fourth-order valence-corrected chi connectivity index (χ4v) is 3.45. The number of carbonyl (C=O) groups is 1. The van der Waals surface area contributed by atoms with Crippen molar-refractivity contribution in [3.05, 3.63) is 42.4 Å². The highest BCUT2D eigenvalue weighted by molar-refractivity contribution is 6.08. The third kappa shape index (κ3) is 3.38. The van der Waals surface area contributed by atoms with E-state index in [9.17, 15) is 4.79 Å². The predicted molar refractivity (Wildman–Crippen MR) is 105 cm³/mol. The fraction of sp³-hybridized carbons (Fsp3) is 0.350. The van der Waals surface area contributed by atoms with Gasteiger partial charge in [0.1, 0.15) is 12.0 Å². The van der Waals surface area contributed by atoms with Crippen molar-refractivity contribution in [2.75, 3.05) is 44.7 Å². The molecule has 0 atom stereocenters. The number of nitrogens with zero attached hydrogens (tertiary/aromatic N) is 4. The molecule has 2 aromatic heterocycles. The smallest absolute Gasteiger partial charge is 0.340 e. The number of esters is 1.